The van der Waals surface area contributed by atoms with Crippen molar-refractivity contribution >= 4 is 29.1 Å². The van der Waals surface area contributed by atoms with Crippen molar-refractivity contribution < 1.29 is 4.79 Å². The number of hydrogen-bond donors (Lipinski definition) is 1. The molecule has 21 heavy (non-hydrogen) atoms. The first-order chi connectivity index (χ1) is 9.99. The van der Waals surface area contributed by atoms with E-state index in [-0.39, 0.29) is 18.0 Å². The first-order valence-electron chi connectivity index (χ1n) is 7.49. The van der Waals surface area contributed by atoms with Crippen LogP contribution >= 0.6 is 23.2 Å². The Hall–Kier alpha value is -0.770. The standard InChI is InChI=1S/C16H22Cl2N2O/c1-11(14-7-6-13(17)10-15(14)18)19-12(2)16(21)20-8-4-3-5-9-20/h6-7,10-12,19H,3-5,8-9H2,1-2H3. The van der Waals surface area contributed by atoms with E-state index in [4.69, 9.17) is 23.2 Å². The Bertz CT molecular complexity index is 501. The van der Waals surface area contributed by atoms with E-state index in [0.717, 1.165) is 31.5 Å². The fraction of sp³-hybridized carbons (Fsp3) is 0.562. The molecule has 3 nitrogen and oxygen atoms in total. The van der Waals surface area contributed by atoms with Gasteiger partial charge in [-0.15, -0.1) is 0 Å². The average molecular weight is 329 g/mol. The lowest BCUT2D eigenvalue weighted by Crippen LogP contribution is -2.47. The number of amides is 1. The van der Waals surface area contributed by atoms with E-state index >= 15 is 0 Å². The van der Waals surface area contributed by atoms with Crippen LogP contribution in [-0.4, -0.2) is 29.9 Å². The Labute approximate surface area is 136 Å². The van der Waals surface area contributed by atoms with Crippen molar-refractivity contribution in [1.82, 2.24) is 10.2 Å². The van der Waals surface area contributed by atoms with Crippen molar-refractivity contribution in [3.05, 3.63) is 33.8 Å². The minimum Gasteiger partial charge on any atom is -0.341 e. The number of nitrogens with one attached hydrogen (secondary N) is 1. The van der Waals surface area contributed by atoms with Gasteiger partial charge < -0.3 is 4.90 Å². The minimum absolute atomic E-state index is 0.00138. The first-order valence-corrected chi connectivity index (χ1v) is 8.24. The second-order valence-corrected chi connectivity index (χ2v) is 6.51. The average Bonchev–Trinajstić information content (AvgIpc) is 2.47. The van der Waals surface area contributed by atoms with Gasteiger partial charge in [0.2, 0.25) is 5.91 Å². The van der Waals surface area contributed by atoms with Crippen LogP contribution in [0.25, 0.3) is 0 Å². The van der Waals surface area contributed by atoms with E-state index in [0.29, 0.717) is 10.0 Å². The fourth-order valence-electron chi connectivity index (χ4n) is 2.78. The van der Waals surface area contributed by atoms with Crippen LogP contribution in [0.3, 0.4) is 0 Å². The van der Waals surface area contributed by atoms with E-state index < -0.39 is 0 Å². The topological polar surface area (TPSA) is 32.3 Å². The Morgan fingerprint density at radius 1 is 1.19 bits per heavy atom. The molecule has 1 aromatic carbocycles. The van der Waals surface area contributed by atoms with Gasteiger partial charge in [0.1, 0.15) is 0 Å². The van der Waals surface area contributed by atoms with Crippen molar-refractivity contribution in [2.45, 2.75) is 45.2 Å². The highest BCUT2D eigenvalue weighted by Gasteiger charge is 2.23. The number of likely N-dealkylation sites (tertiary alicyclic amines) is 1. The van der Waals surface area contributed by atoms with E-state index in [1.165, 1.54) is 6.42 Å². The van der Waals surface area contributed by atoms with Gasteiger partial charge in [0.25, 0.3) is 0 Å². The van der Waals surface area contributed by atoms with E-state index in [1.807, 2.05) is 30.9 Å². The summed E-state index contributed by atoms with van der Waals surface area (Å²) in [7, 11) is 0. The van der Waals surface area contributed by atoms with Gasteiger partial charge in [-0.3, -0.25) is 10.1 Å². The summed E-state index contributed by atoms with van der Waals surface area (Å²) in [6.07, 6.45) is 3.44. The van der Waals surface area contributed by atoms with E-state index in [1.54, 1.807) is 6.07 Å². The van der Waals surface area contributed by atoms with Crippen LogP contribution in [0, 0.1) is 0 Å². The normalized spacial score (nSPS) is 18.4. The van der Waals surface area contributed by atoms with Gasteiger partial charge in [-0.2, -0.15) is 0 Å². The molecule has 2 atom stereocenters. The van der Waals surface area contributed by atoms with Crippen LogP contribution in [0.1, 0.15) is 44.7 Å². The zero-order chi connectivity index (χ0) is 15.4. The summed E-state index contributed by atoms with van der Waals surface area (Å²) >= 11 is 12.1. The molecule has 0 radical (unpaired) electrons. The molecule has 0 bridgehead atoms. The molecule has 1 aromatic rings. The second kappa shape index (κ2) is 7.48. The molecule has 1 saturated heterocycles. The van der Waals surface area contributed by atoms with Crippen LogP contribution in [0.2, 0.25) is 10.0 Å². The van der Waals surface area contributed by atoms with E-state index in [2.05, 4.69) is 5.32 Å². The van der Waals surface area contributed by atoms with Crippen LogP contribution in [0.15, 0.2) is 18.2 Å². The fourth-order valence-corrected chi connectivity index (χ4v) is 3.35. The van der Waals surface area contributed by atoms with Gasteiger partial charge in [0.05, 0.1) is 6.04 Å². The van der Waals surface area contributed by atoms with Crippen molar-refractivity contribution in [2.24, 2.45) is 0 Å². The van der Waals surface area contributed by atoms with Crippen molar-refractivity contribution in [3.63, 3.8) is 0 Å². The highest BCUT2D eigenvalue weighted by Crippen LogP contribution is 2.26. The van der Waals surface area contributed by atoms with Gasteiger partial charge in [0, 0.05) is 29.2 Å². The molecule has 1 aliphatic heterocycles. The van der Waals surface area contributed by atoms with Crippen LogP contribution in [-0.2, 0) is 4.79 Å². The van der Waals surface area contributed by atoms with E-state index in [9.17, 15) is 4.79 Å². The molecule has 0 spiro atoms. The first kappa shape index (κ1) is 16.6. The maximum atomic E-state index is 12.4. The predicted octanol–water partition coefficient (Wildman–Crippen LogP) is 4.05. The minimum atomic E-state index is -0.218. The number of piperidine rings is 1. The molecule has 1 aliphatic rings. The monoisotopic (exact) mass is 328 g/mol. The Morgan fingerprint density at radius 3 is 2.48 bits per heavy atom. The molecule has 116 valence electrons. The van der Waals surface area contributed by atoms with Gasteiger partial charge >= 0.3 is 0 Å². The van der Waals surface area contributed by atoms with Crippen molar-refractivity contribution in [3.8, 4) is 0 Å². The number of carbonyl (C=O) groups excluding carboxylic acids is 1. The largest absolute Gasteiger partial charge is 0.341 e. The third-order valence-corrected chi connectivity index (χ3v) is 4.53. The molecule has 2 unspecified atom stereocenters. The third kappa shape index (κ3) is 4.35. The van der Waals surface area contributed by atoms with Crippen LogP contribution in [0.5, 0.6) is 0 Å². The van der Waals surface area contributed by atoms with Gasteiger partial charge in [-0.1, -0.05) is 29.3 Å². The van der Waals surface area contributed by atoms with Gasteiger partial charge in [-0.25, -0.2) is 0 Å². The molecular weight excluding hydrogens is 307 g/mol. The summed E-state index contributed by atoms with van der Waals surface area (Å²) in [6.45, 7) is 5.67. The molecule has 1 N–H and O–H groups in total. The van der Waals surface area contributed by atoms with Crippen LogP contribution in [0.4, 0.5) is 0 Å². The molecule has 1 heterocycles. The summed E-state index contributed by atoms with van der Waals surface area (Å²) < 4.78 is 0. The lowest BCUT2D eigenvalue weighted by Gasteiger charge is -2.30. The number of benzene rings is 1. The Balaban J connectivity index is 1.97. The highest BCUT2D eigenvalue weighted by molar-refractivity contribution is 6.35. The zero-order valence-electron chi connectivity index (χ0n) is 12.5. The van der Waals surface area contributed by atoms with Crippen molar-refractivity contribution in [1.29, 1.82) is 0 Å². The number of hydrogen-bond acceptors (Lipinski definition) is 2. The lowest BCUT2D eigenvalue weighted by molar-refractivity contribution is -0.134. The third-order valence-electron chi connectivity index (χ3n) is 3.97. The summed E-state index contributed by atoms with van der Waals surface area (Å²) in [5.74, 6) is 0.173. The number of carbonyl (C=O) groups is 1. The quantitative estimate of drug-likeness (QED) is 0.904. The number of nitrogens with zero attached hydrogens (tertiary/aromatic N) is 1. The predicted molar refractivity (Wildman–Crippen MR) is 87.9 cm³/mol. The Morgan fingerprint density at radius 2 is 1.86 bits per heavy atom. The molecule has 1 amide bonds. The van der Waals surface area contributed by atoms with Crippen LogP contribution < -0.4 is 5.32 Å². The molecule has 0 saturated carbocycles. The van der Waals surface area contributed by atoms with Gasteiger partial charge in [-0.05, 0) is 50.8 Å². The lowest BCUT2D eigenvalue weighted by atomic mass is 10.1. The molecule has 1 fully saturated rings. The highest BCUT2D eigenvalue weighted by atomic mass is 35.5. The Kier molecular flexibility index (Phi) is 5.91. The molecule has 0 aliphatic carbocycles. The summed E-state index contributed by atoms with van der Waals surface area (Å²) in [6, 6.07) is 5.23. The molecular formula is C16H22Cl2N2O. The molecule has 5 heteroatoms. The van der Waals surface area contributed by atoms with Crippen molar-refractivity contribution in [2.75, 3.05) is 13.1 Å². The maximum absolute atomic E-state index is 12.4. The molecule has 2 rings (SSSR count). The number of halogens is 2. The second-order valence-electron chi connectivity index (χ2n) is 5.66. The maximum Gasteiger partial charge on any atom is 0.239 e. The SMILES string of the molecule is CC(NC(C)c1ccc(Cl)cc1Cl)C(=O)N1CCCCC1. The summed E-state index contributed by atoms with van der Waals surface area (Å²) in [4.78, 5) is 14.4. The summed E-state index contributed by atoms with van der Waals surface area (Å²) in [5.41, 5.74) is 0.958. The van der Waals surface area contributed by atoms with Gasteiger partial charge in [0.15, 0.2) is 0 Å². The number of rotatable bonds is 4. The zero-order valence-corrected chi connectivity index (χ0v) is 14.0. The summed E-state index contributed by atoms with van der Waals surface area (Å²) in [5, 5.41) is 4.58. The molecule has 0 aromatic heterocycles. The smallest absolute Gasteiger partial charge is 0.239 e.